The van der Waals surface area contributed by atoms with Crippen LogP contribution < -0.4 is 0 Å². The Hall–Kier alpha value is -1.38. The van der Waals surface area contributed by atoms with E-state index in [1.807, 2.05) is 6.07 Å². The summed E-state index contributed by atoms with van der Waals surface area (Å²) in [5.74, 6) is 0. The number of allylic oxidation sites excluding steroid dienone is 2. The topological polar surface area (TPSA) is 23.5 Å². The lowest BCUT2D eigenvalue weighted by molar-refractivity contribution is 0.179. The first-order valence-electron chi connectivity index (χ1n) is 7.03. The summed E-state index contributed by atoms with van der Waals surface area (Å²) >= 11 is 0. The molecule has 19 heavy (non-hydrogen) atoms. The molecule has 0 aromatic heterocycles. The van der Waals surface area contributed by atoms with E-state index in [1.54, 1.807) is 0 Å². The van der Waals surface area contributed by atoms with E-state index in [4.69, 9.17) is 0 Å². The number of hydrogen-bond acceptors (Lipinski definition) is 2. The molecule has 0 saturated heterocycles. The molecule has 1 aliphatic rings. The van der Waals surface area contributed by atoms with E-state index in [0.717, 1.165) is 37.9 Å². The zero-order chi connectivity index (χ0) is 13.5. The fraction of sp³-hybridized carbons (Fsp3) is 0.412. The Labute approximate surface area is 116 Å². The number of hydrogen-bond donors (Lipinski definition) is 1. The molecule has 102 valence electrons. The lowest BCUT2D eigenvalue weighted by Gasteiger charge is -2.20. The number of rotatable bonds is 6. The van der Waals surface area contributed by atoms with Crippen molar-refractivity contribution in [3.8, 4) is 0 Å². The largest absolute Gasteiger partial charge is 0.388 e. The molecule has 0 fully saturated rings. The van der Waals surface area contributed by atoms with Gasteiger partial charge in [0.15, 0.2) is 0 Å². The molecule has 1 unspecified atom stereocenters. The number of aliphatic hydroxyl groups excluding tert-OH is 1. The van der Waals surface area contributed by atoms with Crippen molar-refractivity contribution in [1.82, 2.24) is 4.90 Å². The van der Waals surface area contributed by atoms with Crippen LogP contribution in [0.2, 0.25) is 0 Å². The van der Waals surface area contributed by atoms with E-state index in [9.17, 15) is 5.11 Å². The fourth-order valence-corrected chi connectivity index (χ4v) is 2.36. The summed E-state index contributed by atoms with van der Waals surface area (Å²) < 4.78 is 0. The average Bonchev–Trinajstić information content (AvgIpc) is 2.47. The summed E-state index contributed by atoms with van der Waals surface area (Å²) in [5.41, 5.74) is 2.40. The molecular formula is C17H23NO. The van der Waals surface area contributed by atoms with E-state index in [2.05, 4.69) is 54.4 Å². The molecule has 0 spiro atoms. The lowest BCUT2D eigenvalue weighted by Crippen LogP contribution is -2.24. The first kappa shape index (κ1) is 14.0. The summed E-state index contributed by atoms with van der Waals surface area (Å²) in [5, 5.41) is 10.1. The first-order valence-corrected chi connectivity index (χ1v) is 7.03. The molecule has 1 aliphatic carbocycles. The zero-order valence-electron chi connectivity index (χ0n) is 11.6. The molecule has 1 atom stereocenters. The highest BCUT2D eigenvalue weighted by molar-refractivity contribution is 5.25. The van der Waals surface area contributed by atoms with Crippen molar-refractivity contribution in [3.05, 3.63) is 59.7 Å². The third-order valence-corrected chi connectivity index (χ3v) is 3.49. The van der Waals surface area contributed by atoms with Crippen LogP contribution in [0.4, 0.5) is 0 Å². The normalized spacial score (nSPS) is 16.5. The van der Waals surface area contributed by atoms with Crippen LogP contribution in [0.3, 0.4) is 0 Å². The highest BCUT2D eigenvalue weighted by Gasteiger charge is 2.11. The predicted octanol–water partition coefficient (Wildman–Crippen LogP) is 3.15. The highest BCUT2D eigenvalue weighted by atomic mass is 16.3. The Morgan fingerprint density at radius 2 is 2.00 bits per heavy atom. The van der Waals surface area contributed by atoms with Crippen LogP contribution in [0.25, 0.3) is 0 Å². The molecule has 2 rings (SSSR count). The van der Waals surface area contributed by atoms with Gasteiger partial charge < -0.3 is 10.0 Å². The van der Waals surface area contributed by atoms with Gasteiger partial charge in [-0.1, -0.05) is 48.6 Å². The van der Waals surface area contributed by atoms with Gasteiger partial charge in [0.2, 0.25) is 0 Å². The van der Waals surface area contributed by atoms with Gasteiger partial charge in [-0.15, -0.1) is 0 Å². The van der Waals surface area contributed by atoms with Crippen LogP contribution in [0.15, 0.2) is 54.1 Å². The fourth-order valence-electron chi connectivity index (χ4n) is 2.36. The van der Waals surface area contributed by atoms with Crippen LogP contribution in [0.5, 0.6) is 0 Å². The molecule has 1 aromatic carbocycles. The zero-order valence-corrected chi connectivity index (χ0v) is 11.6. The highest BCUT2D eigenvalue weighted by Crippen LogP contribution is 2.16. The van der Waals surface area contributed by atoms with Crippen LogP contribution in [-0.2, 0) is 6.54 Å². The molecular weight excluding hydrogens is 234 g/mol. The maximum atomic E-state index is 10.1. The monoisotopic (exact) mass is 257 g/mol. The molecule has 0 saturated carbocycles. The number of aliphatic hydroxyl groups is 1. The van der Waals surface area contributed by atoms with Gasteiger partial charge in [-0.3, -0.25) is 0 Å². The van der Waals surface area contributed by atoms with Crippen molar-refractivity contribution in [1.29, 1.82) is 0 Å². The van der Waals surface area contributed by atoms with Crippen molar-refractivity contribution in [3.63, 3.8) is 0 Å². The average molecular weight is 257 g/mol. The van der Waals surface area contributed by atoms with E-state index in [1.165, 1.54) is 5.56 Å². The van der Waals surface area contributed by atoms with Crippen molar-refractivity contribution in [2.75, 3.05) is 13.6 Å². The van der Waals surface area contributed by atoms with E-state index >= 15 is 0 Å². The standard InChI is InChI=1S/C17H23NO/c1-18(14-15-8-4-2-5-9-15)13-12-17(19)16-10-6-3-7-11-16/h2,4-6,8-11,17,19H,3,7,12-14H2,1H3. The van der Waals surface area contributed by atoms with Gasteiger partial charge in [0.05, 0.1) is 6.10 Å². The molecule has 0 amide bonds. The van der Waals surface area contributed by atoms with Crippen LogP contribution in [0.1, 0.15) is 24.8 Å². The van der Waals surface area contributed by atoms with Crippen LogP contribution in [-0.4, -0.2) is 29.7 Å². The SMILES string of the molecule is CN(CCC(O)C1=CCCC=C1)Cc1ccccc1. The minimum absolute atomic E-state index is 0.324. The Kier molecular flexibility index (Phi) is 5.37. The third kappa shape index (κ3) is 4.66. The molecule has 0 heterocycles. The van der Waals surface area contributed by atoms with Gasteiger partial charge in [-0.05, 0) is 37.4 Å². The third-order valence-electron chi connectivity index (χ3n) is 3.49. The van der Waals surface area contributed by atoms with Gasteiger partial charge >= 0.3 is 0 Å². The van der Waals surface area contributed by atoms with Crippen molar-refractivity contribution in [2.24, 2.45) is 0 Å². The van der Waals surface area contributed by atoms with Gasteiger partial charge in [-0.2, -0.15) is 0 Å². The Morgan fingerprint density at radius 1 is 1.21 bits per heavy atom. The maximum Gasteiger partial charge on any atom is 0.0799 e. The predicted molar refractivity (Wildman–Crippen MR) is 79.9 cm³/mol. The molecule has 0 bridgehead atoms. The summed E-state index contributed by atoms with van der Waals surface area (Å²) in [6.07, 6.45) is 8.99. The van der Waals surface area contributed by atoms with E-state index in [-0.39, 0.29) is 6.10 Å². The second-order valence-corrected chi connectivity index (χ2v) is 5.21. The van der Waals surface area contributed by atoms with Gasteiger partial charge in [-0.25, -0.2) is 0 Å². The van der Waals surface area contributed by atoms with Crippen molar-refractivity contribution < 1.29 is 5.11 Å². The minimum atomic E-state index is -0.324. The van der Waals surface area contributed by atoms with Crippen molar-refractivity contribution in [2.45, 2.75) is 31.9 Å². The number of benzene rings is 1. The van der Waals surface area contributed by atoms with Gasteiger partial charge in [0, 0.05) is 13.1 Å². The lowest BCUT2D eigenvalue weighted by atomic mass is 10.00. The summed E-state index contributed by atoms with van der Waals surface area (Å²) in [6.45, 7) is 1.84. The summed E-state index contributed by atoms with van der Waals surface area (Å²) in [7, 11) is 2.10. The summed E-state index contributed by atoms with van der Waals surface area (Å²) in [4.78, 5) is 2.26. The number of nitrogens with zero attached hydrogens (tertiary/aromatic N) is 1. The summed E-state index contributed by atoms with van der Waals surface area (Å²) in [6, 6.07) is 10.4. The van der Waals surface area contributed by atoms with Gasteiger partial charge in [0.25, 0.3) is 0 Å². The van der Waals surface area contributed by atoms with Gasteiger partial charge in [0.1, 0.15) is 0 Å². The second-order valence-electron chi connectivity index (χ2n) is 5.21. The molecule has 0 aliphatic heterocycles. The molecule has 2 heteroatoms. The van der Waals surface area contributed by atoms with E-state index in [0.29, 0.717) is 0 Å². The van der Waals surface area contributed by atoms with E-state index < -0.39 is 0 Å². The molecule has 1 aromatic rings. The van der Waals surface area contributed by atoms with Crippen molar-refractivity contribution >= 4 is 0 Å². The Morgan fingerprint density at radius 3 is 2.68 bits per heavy atom. The Balaban J connectivity index is 1.75. The maximum absolute atomic E-state index is 10.1. The van der Waals surface area contributed by atoms with Crippen LogP contribution >= 0.6 is 0 Å². The molecule has 2 nitrogen and oxygen atoms in total. The minimum Gasteiger partial charge on any atom is -0.388 e. The Bertz CT molecular complexity index is 436. The smallest absolute Gasteiger partial charge is 0.0799 e. The van der Waals surface area contributed by atoms with Crippen LogP contribution in [0, 0.1) is 0 Å². The molecule has 0 radical (unpaired) electrons. The quantitative estimate of drug-likeness (QED) is 0.846. The molecule has 1 N–H and O–H groups in total. The second kappa shape index (κ2) is 7.27. The first-order chi connectivity index (χ1) is 9.25.